The maximum Gasteiger partial charge on any atom is 0.0943 e. The topological polar surface area (TPSA) is 18.5 Å². The van der Waals surface area contributed by atoms with Crippen LogP contribution in [0.15, 0.2) is 0 Å². The first-order chi connectivity index (χ1) is 5.06. The zero-order chi connectivity index (χ0) is 8.74. The number of methoxy groups -OCH3 is 1. The molecule has 0 fully saturated rings. The van der Waals surface area contributed by atoms with Crippen molar-refractivity contribution >= 4 is 11.8 Å². The Labute approximate surface area is 73.6 Å². The van der Waals surface area contributed by atoms with E-state index in [1.165, 1.54) is 0 Å². The highest BCUT2D eigenvalue weighted by molar-refractivity contribution is 7.98. The third-order valence-corrected chi connectivity index (χ3v) is 1.64. The molecule has 0 amide bonds. The molecule has 11 heavy (non-hydrogen) atoms. The van der Waals surface area contributed by atoms with Gasteiger partial charge in [-0.15, -0.1) is 11.8 Å². The molecule has 3 heteroatoms. The summed E-state index contributed by atoms with van der Waals surface area (Å²) < 4.78 is 10.2. The first-order valence-corrected chi connectivity index (χ1v) is 4.86. The van der Waals surface area contributed by atoms with E-state index >= 15 is 0 Å². The average Bonchev–Trinajstić information content (AvgIpc) is 1.85. The van der Waals surface area contributed by atoms with Crippen LogP contribution in [0.25, 0.3) is 0 Å². The van der Waals surface area contributed by atoms with Crippen molar-refractivity contribution in [2.45, 2.75) is 20.8 Å². The van der Waals surface area contributed by atoms with Gasteiger partial charge < -0.3 is 9.47 Å². The largest absolute Gasteiger partial charge is 0.374 e. The Morgan fingerprint density at radius 2 is 1.82 bits per heavy atom. The Morgan fingerprint density at radius 1 is 1.18 bits per heavy atom. The number of thioether (sulfide) groups is 1. The van der Waals surface area contributed by atoms with Crippen LogP contribution < -0.4 is 0 Å². The molecule has 0 aliphatic heterocycles. The van der Waals surface area contributed by atoms with Crippen LogP contribution in [-0.4, -0.2) is 25.6 Å². The van der Waals surface area contributed by atoms with E-state index in [0.717, 1.165) is 12.5 Å². The van der Waals surface area contributed by atoms with E-state index in [-0.39, 0.29) is 5.41 Å². The van der Waals surface area contributed by atoms with Gasteiger partial charge in [0.25, 0.3) is 0 Å². The molecule has 0 rings (SSSR count). The number of hydrogen-bond acceptors (Lipinski definition) is 3. The summed E-state index contributed by atoms with van der Waals surface area (Å²) in [5.41, 5.74) is 0.271. The fourth-order valence-electron chi connectivity index (χ4n) is 0.524. The maximum atomic E-state index is 5.38. The molecule has 0 aromatic heterocycles. The van der Waals surface area contributed by atoms with Crippen molar-refractivity contribution in [3.63, 3.8) is 0 Å². The van der Waals surface area contributed by atoms with Gasteiger partial charge in [-0.25, -0.2) is 0 Å². The average molecular weight is 178 g/mol. The molecule has 0 atom stereocenters. The smallest absolute Gasteiger partial charge is 0.0943 e. The summed E-state index contributed by atoms with van der Waals surface area (Å²) in [6, 6.07) is 0. The van der Waals surface area contributed by atoms with Gasteiger partial charge in [0.2, 0.25) is 0 Å². The van der Waals surface area contributed by atoms with Crippen LogP contribution >= 0.6 is 11.8 Å². The quantitative estimate of drug-likeness (QED) is 0.475. The van der Waals surface area contributed by atoms with Crippen LogP contribution in [0.3, 0.4) is 0 Å². The number of rotatable bonds is 5. The van der Waals surface area contributed by atoms with Gasteiger partial charge in [-0.2, -0.15) is 0 Å². The first kappa shape index (κ1) is 11.3. The van der Waals surface area contributed by atoms with E-state index in [9.17, 15) is 0 Å². The van der Waals surface area contributed by atoms with Crippen LogP contribution in [0.2, 0.25) is 0 Å². The van der Waals surface area contributed by atoms with Gasteiger partial charge in [-0.3, -0.25) is 0 Å². The minimum Gasteiger partial charge on any atom is -0.374 e. The molecule has 68 valence electrons. The van der Waals surface area contributed by atoms with Crippen molar-refractivity contribution in [3.05, 3.63) is 0 Å². The highest BCUT2D eigenvalue weighted by Gasteiger charge is 2.09. The first-order valence-electron chi connectivity index (χ1n) is 3.71. The second-order valence-corrected chi connectivity index (χ2v) is 4.52. The summed E-state index contributed by atoms with van der Waals surface area (Å²) in [5, 5.41) is 0. The lowest BCUT2D eigenvalue weighted by molar-refractivity contribution is 0.104. The minimum atomic E-state index is 0.271. The standard InChI is InChI=1S/C8H18O2S/c1-8(2,3)5-10-7-11-6-9-4/h5-7H2,1-4H3. The molecule has 0 heterocycles. The third-order valence-electron chi connectivity index (χ3n) is 0.903. The molecule has 0 unspecified atom stereocenters. The summed E-state index contributed by atoms with van der Waals surface area (Å²) in [7, 11) is 1.69. The molecular formula is C8H18O2S. The fraction of sp³-hybridized carbons (Fsp3) is 1.00. The molecule has 2 nitrogen and oxygen atoms in total. The Bertz CT molecular complexity index is 88.6. The van der Waals surface area contributed by atoms with Crippen molar-refractivity contribution in [2.24, 2.45) is 5.41 Å². The van der Waals surface area contributed by atoms with Crippen LogP contribution in [0.5, 0.6) is 0 Å². The van der Waals surface area contributed by atoms with E-state index in [1.807, 2.05) is 0 Å². The van der Waals surface area contributed by atoms with Gasteiger partial charge >= 0.3 is 0 Å². The van der Waals surface area contributed by atoms with Crippen LogP contribution in [0, 0.1) is 5.41 Å². The molecule has 0 saturated carbocycles. The molecular weight excluding hydrogens is 160 g/mol. The predicted octanol–water partition coefficient (Wildman–Crippen LogP) is 2.34. The van der Waals surface area contributed by atoms with Crippen LogP contribution in [0.1, 0.15) is 20.8 Å². The van der Waals surface area contributed by atoms with Gasteiger partial charge in [0.1, 0.15) is 0 Å². The lowest BCUT2D eigenvalue weighted by Crippen LogP contribution is -2.14. The van der Waals surface area contributed by atoms with E-state index in [4.69, 9.17) is 9.47 Å². The molecule has 0 radical (unpaired) electrons. The van der Waals surface area contributed by atoms with Crippen molar-refractivity contribution in [2.75, 3.05) is 25.6 Å². The highest BCUT2D eigenvalue weighted by Crippen LogP contribution is 2.14. The molecule has 0 bridgehead atoms. The molecule has 0 aromatic carbocycles. The van der Waals surface area contributed by atoms with E-state index in [0.29, 0.717) is 5.94 Å². The zero-order valence-corrected chi connectivity index (χ0v) is 8.66. The second kappa shape index (κ2) is 5.86. The summed E-state index contributed by atoms with van der Waals surface area (Å²) in [4.78, 5) is 0. The number of hydrogen-bond donors (Lipinski definition) is 0. The van der Waals surface area contributed by atoms with Crippen molar-refractivity contribution < 1.29 is 9.47 Å². The van der Waals surface area contributed by atoms with Gasteiger partial charge in [0.05, 0.1) is 18.5 Å². The maximum absolute atomic E-state index is 5.38. The van der Waals surface area contributed by atoms with E-state index < -0.39 is 0 Å². The molecule has 0 saturated heterocycles. The lowest BCUT2D eigenvalue weighted by Gasteiger charge is -2.17. The predicted molar refractivity (Wildman–Crippen MR) is 49.7 cm³/mol. The normalized spacial score (nSPS) is 12.0. The van der Waals surface area contributed by atoms with Crippen molar-refractivity contribution in [3.8, 4) is 0 Å². The fourth-order valence-corrected chi connectivity index (χ4v) is 0.960. The van der Waals surface area contributed by atoms with Crippen LogP contribution in [-0.2, 0) is 9.47 Å². The SMILES string of the molecule is COCSCOCC(C)(C)C. The van der Waals surface area contributed by atoms with Crippen LogP contribution in [0.4, 0.5) is 0 Å². The van der Waals surface area contributed by atoms with E-state index in [2.05, 4.69) is 20.8 Å². The van der Waals surface area contributed by atoms with Gasteiger partial charge in [0, 0.05) is 7.11 Å². The minimum absolute atomic E-state index is 0.271. The molecule has 0 N–H and O–H groups in total. The Morgan fingerprint density at radius 3 is 2.27 bits per heavy atom. The Kier molecular flexibility index (Phi) is 6.01. The molecule has 0 aliphatic carbocycles. The summed E-state index contributed by atoms with van der Waals surface area (Å²) in [5.74, 6) is 1.44. The monoisotopic (exact) mass is 178 g/mol. The second-order valence-electron chi connectivity index (χ2n) is 3.64. The van der Waals surface area contributed by atoms with Crippen molar-refractivity contribution in [1.82, 2.24) is 0 Å². The lowest BCUT2D eigenvalue weighted by atomic mass is 9.99. The Balaban J connectivity index is 3.02. The summed E-state index contributed by atoms with van der Waals surface area (Å²) >= 11 is 1.65. The highest BCUT2D eigenvalue weighted by atomic mass is 32.2. The van der Waals surface area contributed by atoms with Gasteiger partial charge in [-0.05, 0) is 5.41 Å². The van der Waals surface area contributed by atoms with Gasteiger partial charge in [0.15, 0.2) is 0 Å². The zero-order valence-electron chi connectivity index (χ0n) is 7.85. The number of ether oxygens (including phenoxy) is 2. The van der Waals surface area contributed by atoms with Gasteiger partial charge in [-0.1, -0.05) is 20.8 Å². The summed E-state index contributed by atoms with van der Waals surface area (Å²) in [6.07, 6.45) is 0. The molecule has 0 aromatic rings. The Hall–Kier alpha value is 0.270. The van der Waals surface area contributed by atoms with Crippen molar-refractivity contribution in [1.29, 1.82) is 0 Å². The molecule has 0 spiro atoms. The molecule has 0 aliphatic rings. The third kappa shape index (κ3) is 10.3. The summed E-state index contributed by atoms with van der Waals surface area (Å²) in [6.45, 7) is 7.29. The van der Waals surface area contributed by atoms with E-state index in [1.54, 1.807) is 18.9 Å².